The van der Waals surface area contributed by atoms with E-state index in [2.05, 4.69) is 16.9 Å². The standard InChI is InChI=1S/C14H19N3O/c1-4-13-9(3)16-14(17-13)10-6-11(15)8-12(7-10)18-5-2/h6-8H,4-5,15H2,1-3H3,(H,16,17). The smallest absolute Gasteiger partial charge is 0.138 e. The minimum Gasteiger partial charge on any atom is -0.494 e. The van der Waals surface area contributed by atoms with Crippen molar-refractivity contribution in [3.63, 3.8) is 0 Å². The van der Waals surface area contributed by atoms with Crippen molar-refractivity contribution in [1.29, 1.82) is 0 Å². The quantitative estimate of drug-likeness (QED) is 0.814. The Balaban J connectivity index is 2.42. The Morgan fingerprint density at radius 2 is 2.06 bits per heavy atom. The second-order valence-corrected chi connectivity index (χ2v) is 4.23. The van der Waals surface area contributed by atoms with Crippen molar-refractivity contribution < 1.29 is 4.74 Å². The number of hydrogen-bond donors (Lipinski definition) is 2. The number of hydrogen-bond acceptors (Lipinski definition) is 3. The van der Waals surface area contributed by atoms with E-state index >= 15 is 0 Å². The van der Waals surface area contributed by atoms with Crippen molar-refractivity contribution in [1.82, 2.24) is 9.97 Å². The molecule has 0 bridgehead atoms. The Bertz CT molecular complexity index is 546. The van der Waals surface area contributed by atoms with Crippen LogP contribution in [0.3, 0.4) is 0 Å². The topological polar surface area (TPSA) is 63.9 Å². The molecule has 2 rings (SSSR count). The second-order valence-electron chi connectivity index (χ2n) is 4.23. The van der Waals surface area contributed by atoms with Crippen molar-refractivity contribution in [3.05, 3.63) is 29.6 Å². The predicted octanol–water partition coefficient (Wildman–Crippen LogP) is 2.93. The summed E-state index contributed by atoms with van der Waals surface area (Å²) in [5.74, 6) is 1.62. The van der Waals surface area contributed by atoms with Gasteiger partial charge in [0, 0.05) is 23.0 Å². The first-order valence-electron chi connectivity index (χ1n) is 6.23. The first-order valence-corrected chi connectivity index (χ1v) is 6.23. The number of aromatic amines is 1. The molecule has 0 amide bonds. The molecule has 2 aromatic rings. The van der Waals surface area contributed by atoms with E-state index in [1.807, 2.05) is 32.0 Å². The molecule has 1 heterocycles. The molecule has 0 aliphatic heterocycles. The van der Waals surface area contributed by atoms with Crippen LogP contribution in [0.1, 0.15) is 25.2 Å². The molecule has 4 nitrogen and oxygen atoms in total. The van der Waals surface area contributed by atoms with Gasteiger partial charge in [-0.1, -0.05) is 6.92 Å². The molecule has 0 saturated carbocycles. The lowest BCUT2D eigenvalue weighted by Crippen LogP contribution is -1.94. The summed E-state index contributed by atoms with van der Waals surface area (Å²) in [5.41, 5.74) is 9.72. The van der Waals surface area contributed by atoms with Crippen molar-refractivity contribution in [2.45, 2.75) is 27.2 Å². The molecule has 1 aromatic heterocycles. The van der Waals surface area contributed by atoms with Crippen molar-refractivity contribution in [2.24, 2.45) is 0 Å². The van der Waals surface area contributed by atoms with Crippen molar-refractivity contribution >= 4 is 5.69 Å². The summed E-state index contributed by atoms with van der Waals surface area (Å²) < 4.78 is 5.49. The Hall–Kier alpha value is -1.97. The van der Waals surface area contributed by atoms with E-state index in [1.165, 1.54) is 0 Å². The van der Waals surface area contributed by atoms with Gasteiger partial charge in [0.25, 0.3) is 0 Å². The maximum Gasteiger partial charge on any atom is 0.138 e. The number of anilines is 1. The maximum atomic E-state index is 5.88. The van der Waals surface area contributed by atoms with E-state index in [0.717, 1.165) is 34.9 Å². The van der Waals surface area contributed by atoms with Crippen LogP contribution in [0.15, 0.2) is 18.2 Å². The molecule has 0 aliphatic carbocycles. The molecule has 0 spiro atoms. The van der Waals surface area contributed by atoms with E-state index in [-0.39, 0.29) is 0 Å². The molecule has 0 aliphatic rings. The molecular formula is C14H19N3O. The van der Waals surface area contributed by atoms with Gasteiger partial charge in [0.15, 0.2) is 0 Å². The highest BCUT2D eigenvalue weighted by molar-refractivity contribution is 5.65. The molecule has 96 valence electrons. The molecule has 0 saturated heterocycles. The van der Waals surface area contributed by atoms with Gasteiger partial charge in [-0.3, -0.25) is 0 Å². The molecule has 0 atom stereocenters. The third-order valence-electron chi connectivity index (χ3n) is 2.83. The number of ether oxygens (including phenoxy) is 1. The van der Waals surface area contributed by atoms with E-state index in [4.69, 9.17) is 10.5 Å². The minimum absolute atomic E-state index is 0.625. The molecule has 0 unspecified atom stereocenters. The summed E-state index contributed by atoms with van der Waals surface area (Å²) in [6, 6.07) is 5.68. The average Bonchev–Trinajstić information content (AvgIpc) is 2.70. The molecule has 4 heteroatoms. The molecule has 0 radical (unpaired) electrons. The highest BCUT2D eigenvalue weighted by Crippen LogP contribution is 2.26. The zero-order chi connectivity index (χ0) is 13.1. The number of nitrogens with two attached hydrogens (primary N) is 1. The lowest BCUT2D eigenvalue weighted by atomic mass is 10.2. The van der Waals surface area contributed by atoms with Crippen LogP contribution < -0.4 is 10.5 Å². The average molecular weight is 245 g/mol. The number of nitrogen functional groups attached to an aromatic ring is 1. The first-order chi connectivity index (χ1) is 8.63. The first kappa shape index (κ1) is 12.5. The van der Waals surface area contributed by atoms with Gasteiger partial charge in [0.05, 0.1) is 12.3 Å². The van der Waals surface area contributed by atoms with Gasteiger partial charge >= 0.3 is 0 Å². The van der Waals surface area contributed by atoms with Gasteiger partial charge < -0.3 is 15.5 Å². The number of rotatable bonds is 4. The minimum atomic E-state index is 0.625. The number of nitrogens with zero attached hydrogens (tertiary/aromatic N) is 1. The third-order valence-corrected chi connectivity index (χ3v) is 2.83. The normalized spacial score (nSPS) is 10.6. The predicted molar refractivity (Wildman–Crippen MR) is 73.7 cm³/mol. The largest absolute Gasteiger partial charge is 0.494 e. The number of nitrogens with one attached hydrogen (secondary N) is 1. The fourth-order valence-electron chi connectivity index (χ4n) is 1.99. The van der Waals surface area contributed by atoms with E-state index in [1.54, 1.807) is 0 Å². The fraction of sp³-hybridized carbons (Fsp3) is 0.357. The lowest BCUT2D eigenvalue weighted by Gasteiger charge is -2.06. The number of aromatic nitrogens is 2. The second kappa shape index (κ2) is 5.12. The highest BCUT2D eigenvalue weighted by Gasteiger charge is 2.09. The van der Waals surface area contributed by atoms with Crippen LogP contribution in [-0.4, -0.2) is 16.6 Å². The van der Waals surface area contributed by atoms with Crippen LogP contribution in [0, 0.1) is 6.92 Å². The fourth-order valence-corrected chi connectivity index (χ4v) is 1.99. The number of H-pyrrole nitrogens is 1. The summed E-state index contributed by atoms with van der Waals surface area (Å²) >= 11 is 0. The van der Waals surface area contributed by atoms with E-state index in [0.29, 0.717) is 12.3 Å². The van der Waals surface area contributed by atoms with Gasteiger partial charge in [-0.25, -0.2) is 4.98 Å². The zero-order valence-corrected chi connectivity index (χ0v) is 11.1. The summed E-state index contributed by atoms with van der Waals surface area (Å²) in [7, 11) is 0. The molecule has 1 aromatic carbocycles. The number of aryl methyl sites for hydroxylation is 2. The van der Waals surface area contributed by atoms with Crippen LogP contribution in [0.25, 0.3) is 11.4 Å². The van der Waals surface area contributed by atoms with Gasteiger partial charge in [-0.05, 0) is 32.4 Å². The van der Waals surface area contributed by atoms with Crippen LogP contribution in [0.5, 0.6) is 5.75 Å². The molecule has 0 fully saturated rings. The summed E-state index contributed by atoms with van der Waals surface area (Å²) in [5, 5.41) is 0. The summed E-state index contributed by atoms with van der Waals surface area (Å²) in [6.45, 7) is 6.71. The number of benzene rings is 1. The van der Waals surface area contributed by atoms with Crippen molar-refractivity contribution in [3.8, 4) is 17.1 Å². The Kier molecular flexibility index (Phi) is 3.55. The Morgan fingerprint density at radius 1 is 1.28 bits per heavy atom. The van der Waals surface area contributed by atoms with Gasteiger partial charge in [0.1, 0.15) is 11.6 Å². The van der Waals surface area contributed by atoms with Gasteiger partial charge in [-0.2, -0.15) is 0 Å². The number of imidazole rings is 1. The SMILES string of the molecule is CCOc1cc(N)cc(-c2nc(CC)c(C)[nH]2)c1. The molecular weight excluding hydrogens is 226 g/mol. The van der Waals surface area contributed by atoms with E-state index < -0.39 is 0 Å². The summed E-state index contributed by atoms with van der Waals surface area (Å²) in [6.07, 6.45) is 0.920. The third kappa shape index (κ3) is 2.47. The van der Waals surface area contributed by atoms with Gasteiger partial charge in [-0.15, -0.1) is 0 Å². The van der Waals surface area contributed by atoms with Crippen molar-refractivity contribution in [2.75, 3.05) is 12.3 Å². The van der Waals surface area contributed by atoms with Crippen LogP contribution >= 0.6 is 0 Å². The molecule has 18 heavy (non-hydrogen) atoms. The summed E-state index contributed by atoms with van der Waals surface area (Å²) in [4.78, 5) is 7.86. The Labute approximate surface area is 107 Å². The van der Waals surface area contributed by atoms with Gasteiger partial charge in [0.2, 0.25) is 0 Å². The monoisotopic (exact) mass is 245 g/mol. The van der Waals surface area contributed by atoms with E-state index in [9.17, 15) is 0 Å². The van der Waals surface area contributed by atoms with Crippen LogP contribution in [0.2, 0.25) is 0 Å². The zero-order valence-electron chi connectivity index (χ0n) is 11.1. The van der Waals surface area contributed by atoms with Crippen LogP contribution in [-0.2, 0) is 6.42 Å². The Morgan fingerprint density at radius 3 is 2.67 bits per heavy atom. The molecule has 3 N–H and O–H groups in total. The van der Waals surface area contributed by atoms with Crippen LogP contribution in [0.4, 0.5) is 5.69 Å². The maximum absolute atomic E-state index is 5.88. The lowest BCUT2D eigenvalue weighted by molar-refractivity contribution is 0.340. The highest BCUT2D eigenvalue weighted by atomic mass is 16.5.